The van der Waals surface area contributed by atoms with E-state index in [9.17, 15) is 29.6 Å². The molecule has 2 amide bonds. The van der Waals surface area contributed by atoms with Crippen molar-refractivity contribution in [1.82, 2.24) is 10.2 Å². The normalized spacial score (nSPS) is 23.0. The van der Waals surface area contributed by atoms with Crippen LogP contribution in [0, 0.1) is 22.0 Å². The summed E-state index contributed by atoms with van der Waals surface area (Å²) in [4.78, 5) is 52.7. The van der Waals surface area contributed by atoms with Gasteiger partial charge in [0.1, 0.15) is 12.1 Å². The molecule has 2 fully saturated rings. The number of ether oxygens (including phenoxy) is 2. The fourth-order valence-corrected chi connectivity index (χ4v) is 6.04. The van der Waals surface area contributed by atoms with Gasteiger partial charge >= 0.3 is 5.97 Å². The molecular weight excluding hydrogens is 554 g/mol. The number of carbonyl (C=O) groups is 3. The van der Waals surface area contributed by atoms with Crippen molar-refractivity contribution in [1.29, 1.82) is 0 Å². The predicted molar refractivity (Wildman–Crippen MR) is 155 cm³/mol. The van der Waals surface area contributed by atoms with Crippen LogP contribution in [0.3, 0.4) is 0 Å². The van der Waals surface area contributed by atoms with Crippen LogP contribution < -0.4 is 14.8 Å². The Bertz CT molecular complexity index is 1570. The first-order valence-electron chi connectivity index (χ1n) is 13.8. The number of imide groups is 1. The molecule has 2 heterocycles. The van der Waals surface area contributed by atoms with Crippen LogP contribution in [-0.4, -0.2) is 51.9 Å². The Morgan fingerprint density at radius 2 is 1.77 bits per heavy atom. The number of hydrogen-bond donors (Lipinski definition) is 2. The number of nitrogens with zero attached hydrogens (tertiary/aromatic N) is 2. The molecule has 0 saturated carbocycles. The highest BCUT2D eigenvalue weighted by molar-refractivity contribution is 6.09. The molecule has 4 unspecified atom stereocenters. The van der Waals surface area contributed by atoms with Crippen molar-refractivity contribution in [2.24, 2.45) is 11.8 Å². The van der Waals surface area contributed by atoms with E-state index < -0.39 is 46.1 Å². The second-order valence-corrected chi connectivity index (χ2v) is 10.5. The quantitative estimate of drug-likeness (QED) is 0.147. The molecule has 222 valence electrons. The second-order valence-electron chi connectivity index (χ2n) is 10.5. The molecule has 5 rings (SSSR count). The van der Waals surface area contributed by atoms with E-state index in [4.69, 9.17) is 9.47 Å². The van der Waals surface area contributed by atoms with E-state index >= 15 is 0 Å². The van der Waals surface area contributed by atoms with Gasteiger partial charge < -0.3 is 14.6 Å². The number of nitro groups is 1. The smallest absolute Gasteiger partial charge is 0.325 e. The van der Waals surface area contributed by atoms with Crippen molar-refractivity contribution in [2.75, 3.05) is 13.7 Å². The molecule has 3 aromatic rings. The number of hydrogen-bond acceptors (Lipinski definition) is 8. The number of methoxy groups -OCH3 is 1. The van der Waals surface area contributed by atoms with Crippen LogP contribution in [0.15, 0.2) is 84.9 Å². The van der Waals surface area contributed by atoms with Gasteiger partial charge in [-0.2, -0.15) is 0 Å². The number of non-ortho nitro benzene ring substituents is 1. The maximum atomic E-state index is 13.9. The van der Waals surface area contributed by atoms with E-state index in [1.165, 1.54) is 31.4 Å². The summed E-state index contributed by atoms with van der Waals surface area (Å²) in [5, 5.41) is 25.1. The molecule has 2 aliphatic rings. The maximum Gasteiger partial charge on any atom is 0.325 e. The number of nitro benzene ring substituents is 1. The highest BCUT2D eigenvalue weighted by Gasteiger charge is 2.68. The summed E-state index contributed by atoms with van der Waals surface area (Å²) in [6.45, 7) is 1.96. The number of likely N-dealkylation sites (tertiary alicyclic amines) is 1. The molecular formula is C32H31N3O8. The van der Waals surface area contributed by atoms with E-state index in [2.05, 4.69) is 5.32 Å². The number of para-hydroxylation sites is 1. The number of carbonyl (C=O) groups excluding carboxylic acids is 2. The predicted octanol–water partition coefficient (Wildman–Crippen LogP) is 4.07. The molecule has 43 heavy (non-hydrogen) atoms. The first kappa shape index (κ1) is 29.5. The van der Waals surface area contributed by atoms with Crippen LogP contribution in [0.2, 0.25) is 0 Å². The highest BCUT2D eigenvalue weighted by atomic mass is 16.6. The monoisotopic (exact) mass is 585 g/mol. The molecule has 2 N–H and O–H groups in total. The van der Waals surface area contributed by atoms with E-state index in [1.54, 1.807) is 37.3 Å². The summed E-state index contributed by atoms with van der Waals surface area (Å²) in [5.41, 5.74) is -0.226. The van der Waals surface area contributed by atoms with Crippen molar-refractivity contribution >= 4 is 23.5 Å². The molecule has 0 radical (unpaired) electrons. The molecule has 0 aliphatic carbocycles. The summed E-state index contributed by atoms with van der Waals surface area (Å²) in [6, 6.07) is 19.2. The average Bonchev–Trinajstić information content (AvgIpc) is 3.48. The van der Waals surface area contributed by atoms with Gasteiger partial charge in [-0.15, -0.1) is 0 Å². The Labute approximate surface area is 247 Å². The lowest BCUT2D eigenvalue weighted by Gasteiger charge is -2.31. The number of fused-ring (bicyclic) bond motifs is 1. The largest absolute Gasteiger partial charge is 0.493 e. The summed E-state index contributed by atoms with van der Waals surface area (Å²) in [6.07, 6.45) is 3.18. The van der Waals surface area contributed by atoms with Crippen molar-refractivity contribution in [2.45, 2.75) is 31.5 Å². The molecule has 2 aliphatic heterocycles. The molecule has 11 heteroatoms. The van der Waals surface area contributed by atoms with Gasteiger partial charge in [-0.25, -0.2) is 0 Å². The molecule has 3 aromatic carbocycles. The molecule has 0 bridgehead atoms. The number of allylic oxidation sites excluding steroid dienone is 1. The van der Waals surface area contributed by atoms with Crippen molar-refractivity contribution in [3.05, 3.63) is 112 Å². The van der Waals surface area contributed by atoms with Gasteiger partial charge in [0, 0.05) is 36.7 Å². The zero-order chi connectivity index (χ0) is 30.7. The number of amides is 2. The third-order valence-electron chi connectivity index (χ3n) is 8.07. The summed E-state index contributed by atoms with van der Waals surface area (Å²) in [7, 11) is 1.48. The Balaban J connectivity index is 1.61. The van der Waals surface area contributed by atoms with E-state index in [0.29, 0.717) is 22.6 Å². The van der Waals surface area contributed by atoms with Crippen molar-refractivity contribution in [3.63, 3.8) is 0 Å². The summed E-state index contributed by atoms with van der Waals surface area (Å²) >= 11 is 0. The number of aliphatic carboxylic acids is 1. The Morgan fingerprint density at radius 3 is 2.40 bits per heavy atom. The average molecular weight is 586 g/mol. The van der Waals surface area contributed by atoms with Gasteiger partial charge in [-0.05, 0) is 24.1 Å². The Hall–Kier alpha value is -5.03. The van der Waals surface area contributed by atoms with E-state index in [0.717, 1.165) is 10.5 Å². The third kappa shape index (κ3) is 5.35. The fraction of sp³-hybridized carbons (Fsp3) is 0.281. The fourth-order valence-electron chi connectivity index (χ4n) is 6.04. The minimum Gasteiger partial charge on any atom is -0.493 e. The number of benzene rings is 3. The first-order valence-corrected chi connectivity index (χ1v) is 13.8. The lowest BCUT2D eigenvalue weighted by molar-refractivity contribution is -0.384. The molecule has 0 spiro atoms. The van der Waals surface area contributed by atoms with E-state index in [1.807, 2.05) is 30.3 Å². The van der Waals surface area contributed by atoms with Gasteiger partial charge in [0.2, 0.25) is 11.8 Å². The van der Waals surface area contributed by atoms with Gasteiger partial charge in [0.05, 0.1) is 23.9 Å². The lowest BCUT2D eigenvalue weighted by Crippen LogP contribution is -2.57. The Morgan fingerprint density at radius 1 is 1.05 bits per heavy atom. The molecule has 4 atom stereocenters. The minimum atomic E-state index is -1.90. The van der Waals surface area contributed by atoms with Crippen LogP contribution in [-0.2, 0) is 27.4 Å². The zero-order valence-electron chi connectivity index (χ0n) is 23.6. The number of rotatable bonds is 11. The SMILES string of the molecule is CC=CCN1C(=O)C2C(c3cccc(OC)c3OCc3ccccc3)NC(Cc3ccc([N+](=O)[O-])cc3)(C(=O)O)C2C1=O. The second kappa shape index (κ2) is 12.1. The summed E-state index contributed by atoms with van der Waals surface area (Å²) < 4.78 is 11.8. The highest BCUT2D eigenvalue weighted by Crippen LogP contribution is 2.52. The Kier molecular flexibility index (Phi) is 8.27. The lowest BCUT2D eigenvalue weighted by atomic mass is 9.76. The number of nitrogens with one attached hydrogen (secondary N) is 1. The van der Waals surface area contributed by atoms with Gasteiger partial charge in [0.25, 0.3) is 5.69 Å². The van der Waals surface area contributed by atoms with Gasteiger partial charge in [-0.3, -0.25) is 34.7 Å². The van der Waals surface area contributed by atoms with Crippen molar-refractivity contribution < 1.29 is 33.9 Å². The minimum absolute atomic E-state index is 0.0105. The molecule has 11 nitrogen and oxygen atoms in total. The number of carboxylic acids is 1. The van der Waals surface area contributed by atoms with Crippen LogP contribution in [0.1, 0.15) is 29.7 Å². The number of carboxylic acid groups (broad SMARTS) is 1. The molecule has 0 aromatic heterocycles. The van der Waals surface area contributed by atoms with Gasteiger partial charge in [0.15, 0.2) is 11.5 Å². The van der Waals surface area contributed by atoms with Crippen LogP contribution >= 0.6 is 0 Å². The first-order chi connectivity index (χ1) is 20.7. The maximum absolute atomic E-state index is 13.9. The molecule has 2 saturated heterocycles. The van der Waals surface area contributed by atoms with Crippen LogP contribution in [0.4, 0.5) is 5.69 Å². The van der Waals surface area contributed by atoms with Crippen LogP contribution in [0.5, 0.6) is 11.5 Å². The van der Waals surface area contributed by atoms with E-state index in [-0.39, 0.29) is 25.3 Å². The van der Waals surface area contributed by atoms with Crippen molar-refractivity contribution in [3.8, 4) is 11.5 Å². The van der Waals surface area contributed by atoms with Crippen LogP contribution in [0.25, 0.3) is 0 Å². The van der Waals surface area contributed by atoms with Gasteiger partial charge in [-0.1, -0.05) is 66.7 Å². The topological polar surface area (TPSA) is 148 Å². The third-order valence-corrected chi connectivity index (χ3v) is 8.07. The summed E-state index contributed by atoms with van der Waals surface area (Å²) in [5.74, 6) is -4.00. The standard InChI is InChI=1S/C32H31N3O8/c1-3-4-17-34-29(36)25-26(30(34)37)32(31(38)39,18-20-13-15-22(16-14-20)35(40)41)33-27(25)23-11-8-12-24(42-2)28(23)43-19-21-9-6-5-7-10-21/h3-16,25-27,33H,17-19H2,1-2H3,(H,38,39). The zero-order valence-corrected chi connectivity index (χ0v) is 23.6.